The van der Waals surface area contributed by atoms with E-state index in [0.29, 0.717) is 22.4 Å². The number of nitro groups is 1. The molecular formula is C16H11F2N3O5. The quantitative estimate of drug-likeness (QED) is 0.529. The number of aliphatic carboxylic acids is 1. The van der Waals surface area contributed by atoms with E-state index in [9.17, 15) is 23.7 Å². The number of aromatic amines is 1. The molecule has 0 spiro atoms. The van der Waals surface area contributed by atoms with Gasteiger partial charge in [-0.05, 0) is 36.8 Å². The molecule has 0 bridgehead atoms. The number of hydrogen-bond acceptors (Lipinski definition) is 5. The molecule has 3 aromatic rings. The third kappa shape index (κ3) is 3.16. The second-order valence-electron chi connectivity index (χ2n) is 5.45. The Morgan fingerprint density at radius 1 is 1.31 bits per heavy atom. The third-order valence-corrected chi connectivity index (χ3v) is 3.61. The SMILES string of the molecule is Cc1cc(-c2nc3ccc([N+](=O)[O-])cc3[nH]2)ccc1OC(F)(F)C(=O)O. The minimum absolute atomic E-state index is 0.0940. The van der Waals surface area contributed by atoms with Crippen LogP contribution in [0.2, 0.25) is 0 Å². The molecule has 26 heavy (non-hydrogen) atoms. The number of H-pyrrole nitrogens is 1. The van der Waals surface area contributed by atoms with Crippen molar-refractivity contribution in [3.05, 3.63) is 52.1 Å². The average Bonchev–Trinajstić information content (AvgIpc) is 2.99. The van der Waals surface area contributed by atoms with Gasteiger partial charge in [0, 0.05) is 17.7 Å². The zero-order chi connectivity index (χ0) is 19.1. The minimum atomic E-state index is -4.34. The lowest BCUT2D eigenvalue weighted by molar-refractivity contribution is -0.384. The van der Waals surface area contributed by atoms with Gasteiger partial charge >= 0.3 is 12.1 Å². The van der Waals surface area contributed by atoms with Crippen molar-refractivity contribution in [2.45, 2.75) is 13.0 Å². The van der Waals surface area contributed by atoms with E-state index in [1.54, 1.807) is 0 Å². The Bertz CT molecular complexity index is 1030. The Labute approximate surface area is 144 Å². The first-order valence-electron chi connectivity index (χ1n) is 7.23. The second kappa shape index (κ2) is 6.06. The summed E-state index contributed by atoms with van der Waals surface area (Å²) in [6.45, 7) is 1.48. The van der Waals surface area contributed by atoms with Gasteiger partial charge in [-0.25, -0.2) is 9.78 Å². The van der Waals surface area contributed by atoms with Crippen LogP contribution in [-0.2, 0) is 4.79 Å². The molecule has 0 radical (unpaired) electrons. The number of nitro benzene ring substituents is 1. The summed E-state index contributed by atoms with van der Waals surface area (Å²) in [7, 11) is 0. The van der Waals surface area contributed by atoms with Crippen LogP contribution in [0.15, 0.2) is 36.4 Å². The Balaban J connectivity index is 1.95. The Kier molecular flexibility index (Phi) is 4.03. The van der Waals surface area contributed by atoms with E-state index in [0.717, 1.165) is 0 Å². The average molecular weight is 363 g/mol. The van der Waals surface area contributed by atoms with Crippen molar-refractivity contribution in [3.63, 3.8) is 0 Å². The molecule has 2 N–H and O–H groups in total. The topological polar surface area (TPSA) is 118 Å². The first-order chi connectivity index (χ1) is 12.2. The molecule has 1 aromatic heterocycles. The number of carboxylic acid groups (broad SMARTS) is 1. The molecule has 2 aromatic carbocycles. The van der Waals surface area contributed by atoms with Crippen LogP contribution in [0.1, 0.15) is 5.56 Å². The van der Waals surface area contributed by atoms with E-state index < -0.39 is 17.0 Å². The van der Waals surface area contributed by atoms with Gasteiger partial charge in [-0.15, -0.1) is 0 Å². The number of carboxylic acids is 1. The Hall–Kier alpha value is -3.56. The van der Waals surface area contributed by atoms with E-state index in [-0.39, 0.29) is 17.0 Å². The number of non-ortho nitro benzene ring substituents is 1. The number of imidazole rings is 1. The monoisotopic (exact) mass is 363 g/mol. The van der Waals surface area contributed by atoms with Crippen molar-refractivity contribution in [1.82, 2.24) is 9.97 Å². The van der Waals surface area contributed by atoms with Gasteiger partial charge in [0.05, 0.1) is 16.0 Å². The molecule has 0 unspecified atom stereocenters. The number of nitrogens with zero attached hydrogens (tertiary/aromatic N) is 2. The number of benzene rings is 2. The highest BCUT2D eigenvalue weighted by Crippen LogP contribution is 2.30. The summed E-state index contributed by atoms with van der Waals surface area (Å²) in [4.78, 5) is 28.0. The van der Waals surface area contributed by atoms with E-state index in [1.807, 2.05) is 0 Å². The number of fused-ring (bicyclic) bond motifs is 1. The zero-order valence-electron chi connectivity index (χ0n) is 13.2. The fourth-order valence-corrected chi connectivity index (χ4v) is 2.34. The second-order valence-corrected chi connectivity index (χ2v) is 5.45. The van der Waals surface area contributed by atoms with Crippen molar-refractivity contribution in [2.75, 3.05) is 0 Å². The maximum Gasteiger partial charge on any atom is 0.501 e. The molecule has 0 aliphatic carbocycles. The first kappa shape index (κ1) is 17.3. The highest BCUT2D eigenvalue weighted by molar-refractivity contribution is 5.81. The van der Waals surface area contributed by atoms with Crippen molar-refractivity contribution >= 4 is 22.7 Å². The zero-order valence-corrected chi connectivity index (χ0v) is 13.2. The third-order valence-electron chi connectivity index (χ3n) is 3.61. The lowest BCUT2D eigenvalue weighted by atomic mass is 10.1. The van der Waals surface area contributed by atoms with Gasteiger partial charge in [-0.3, -0.25) is 10.1 Å². The molecule has 0 amide bonds. The van der Waals surface area contributed by atoms with Gasteiger partial charge in [-0.2, -0.15) is 8.78 Å². The number of halogens is 2. The standard InChI is InChI=1S/C16H11F2N3O5/c1-8-6-9(2-5-13(8)26-16(17,18)15(22)23)14-19-11-4-3-10(21(24)25)7-12(11)20-14/h2-7H,1H3,(H,19,20)(H,22,23). The Morgan fingerprint density at radius 2 is 2.04 bits per heavy atom. The minimum Gasteiger partial charge on any atom is -0.474 e. The number of carbonyl (C=O) groups is 1. The number of aryl methyl sites for hydroxylation is 1. The fourth-order valence-electron chi connectivity index (χ4n) is 2.34. The molecule has 0 atom stereocenters. The lowest BCUT2D eigenvalue weighted by Crippen LogP contribution is -2.35. The van der Waals surface area contributed by atoms with Crippen LogP contribution < -0.4 is 4.74 Å². The molecule has 134 valence electrons. The number of hydrogen-bond donors (Lipinski definition) is 2. The van der Waals surface area contributed by atoms with Crippen LogP contribution in [0.25, 0.3) is 22.4 Å². The molecule has 0 saturated carbocycles. The van der Waals surface area contributed by atoms with Gasteiger partial charge in [0.15, 0.2) is 0 Å². The van der Waals surface area contributed by atoms with Crippen molar-refractivity contribution in [3.8, 4) is 17.1 Å². The van der Waals surface area contributed by atoms with Crippen molar-refractivity contribution < 1.29 is 28.3 Å². The maximum atomic E-state index is 13.2. The summed E-state index contributed by atoms with van der Waals surface area (Å²) in [6, 6.07) is 8.26. The van der Waals surface area contributed by atoms with Gasteiger partial charge in [0.1, 0.15) is 11.6 Å². The van der Waals surface area contributed by atoms with Crippen LogP contribution in [0, 0.1) is 17.0 Å². The summed E-state index contributed by atoms with van der Waals surface area (Å²) in [5, 5.41) is 19.3. The van der Waals surface area contributed by atoms with Crippen molar-refractivity contribution in [1.29, 1.82) is 0 Å². The normalized spacial score (nSPS) is 11.5. The molecule has 1 heterocycles. The van der Waals surface area contributed by atoms with E-state index >= 15 is 0 Å². The van der Waals surface area contributed by atoms with E-state index in [1.165, 1.54) is 43.3 Å². The van der Waals surface area contributed by atoms with E-state index in [2.05, 4.69) is 14.7 Å². The number of nitrogens with one attached hydrogen (secondary N) is 1. The van der Waals surface area contributed by atoms with Crippen LogP contribution >= 0.6 is 0 Å². The van der Waals surface area contributed by atoms with Crippen LogP contribution in [-0.4, -0.2) is 32.1 Å². The molecular weight excluding hydrogens is 352 g/mol. The number of ether oxygens (including phenoxy) is 1. The molecule has 8 nitrogen and oxygen atoms in total. The summed E-state index contributed by atoms with van der Waals surface area (Å²) < 4.78 is 30.6. The van der Waals surface area contributed by atoms with Gasteiger partial charge in [-0.1, -0.05) is 0 Å². The van der Waals surface area contributed by atoms with Crippen LogP contribution in [0.4, 0.5) is 14.5 Å². The maximum absolute atomic E-state index is 13.2. The molecule has 3 rings (SSSR count). The largest absolute Gasteiger partial charge is 0.501 e. The summed E-state index contributed by atoms with van der Waals surface area (Å²) in [5.41, 5.74) is 1.65. The lowest BCUT2D eigenvalue weighted by Gasteiger charge is -2.15. The molecule has 0 fully saturated rings. The van der Waals surface area contributed by atoms with Crippen LogP contribution in [0.3, 0.4) is 0 Å². The summed E-state index contributed by atoms with van der Waals surface area (Å²) >= 11 is 0. The predicted molar refractivity (Wildman–Crippen MR) is 86.1 cm³/mol. The summed E-state index contributed by atoms with van der Waals surface area (Å²) in [6.07, 6.45) is -4.34. The van der Waals surface area contributed by atoms with Gasteiger partial charge < -0.3 is 14.8 Å². The molecule has 0 saturated heterocycles. The van der Waals surface area contributed by atoms with Gasteiger partial charge in [0.25, 0.3) is 5.69 Å². The highest BCUT2D eigenvalue weighted by atomic mass is 19.3. The van der Waals surface area contributed by atoms with Gasteiger partial charge in [0.2, 0.25) is 0 Å². The van der Waals surface area contributed by atoms with E-state index in [4.69, 9.17) is 5.11 Å². The Morgan fingerprint density at radius 3 is 2.65 bits per heavy atom. The number of aromatic nitrogens is 2. The number of rotatable bonds is 5. The fraction of sp³-hybridized carbons (Fsp3) is 0.125. The molecule has 0 aliphatic heterocycles. The summed E-state index contributed by atoms with van der Waals surface area (Å²) in [5.74, 6) is -2.30. The predicted octanol–water partition coefficient (Wildman–Crippen LogP) is 3.50. The first-order valence-corrected chi connectivity index (χ1v) is 7.23. The highest BCUT2D eigenvalue weighted by Gasteiger charge is 2.42. The molecule has 10 heteroatoms. The number of alkyl halides is 2. The van der Waals surface area contributed by atoms with Crippen molar-refractivity contribution in [2.24, 2.45) is 0 Å². The molecule has 0 aliphatic rings. The smallest absolute Gasteiger partial charge is 0.474 e. The van der Waals surface area contributed by atoms with Crippen LogP contribution in [0.5, 0.6) is 5.75 Å².